The molecule has 2 aromatic rings. The van der Waals surface area contributed by atoms with Crippen LogP contribution in [-0.4, -0.2) is 34.9 Å². The third kappa shape index (κ3) is 4.51. The summed E-state index contributed by atoms with van der Waals surface area (Å²) in [7, 11) is 0. The normalized spacial score (nSPS) is 21.7. The Labute approximate surface area is 179 Å². The minimum absolute atomic E-state index is 0.00499. The summed E-state index contributed by atoms with van der Waals surface area (Å²) in [5.41, 5.74) is 1.72. The highest BCUT2D eigenvalue weighted by molar-refractivity contribution is 6.42. The number of benzene rings is 2. The van der Waals surface area contributed by atoms with Crippen molar-refractivity contribution in [3.63, 3.8) is 0 Å². The number of carbonyl (C=O) groups excluding carboxylic acids is 2. The summed E-state index contributed by atoms with van der Waals surface area (Å²) >= 11 is 12.1. The van der Waals surface area contributed by atoms with E-state index in [1.807, 2.05) is 17.0 Å². The first kappa shape index (κ1) is 20.0. The minimum atomic E-state index is -0.113. The Hall–Kier alpha value is -2.24. The lowest BCUT2D eigenvalue weighted by Gasteiger charge is -2.31. The molecule has 2 N–H and O–H groups in total. The Kier molecular flexibility index (Phi) is 5.70. The highest BCUT2D eigenvalue weighted by Crippen LogP contribution is 2.49. The molecule has 1 heterocycles. The first-order valence-corrected chi connectivity index (χ1v) is 10.5. The molecular formula is C22H22Cl2N2O3. The van der Waals surface area contributed by atoms with Crippen LogP contribution in [-0.2, 0) is 9.59 Å². The van der Waals surface area contributed by atoms with E-state index in [2.05, 4.69) is 5.32 Å². The van der Waals surface area contributed by atoms with Crippen LogP contribution in [0.2, 0.25) is 10.0 Å². The van der Waals surface area contributed by atoms with E-state index < -0.39 is 0 Å². The number of phenols is 1. The molecule has 152 valence electrons. The molecule has 29 heavy (non-hydrogen) atoms. The van der Waals surface area contributed by atoms with Gasteiger partial charge in [0, 0.05) is 30.6 Å². The zero-order chi connectivity index (χ0) is 20.5. The van der Waals surface area contributed by atoms with Crippen molar-refractivity contribution < 1.29 is 14.7 Å². The molecule has 2 aliphatic rings. The maximum Gasteiger partial charge on any atom is 0.227 e. The molecule has 0 spiro atoms. The van der Waals surface area contributed by atoms with Gasteiger partial charge in [-0.25, -0.2) is 0 Å². The average molecular weight is 433 g/mol. The second kappa shape index (κ2) is 8.25. The molecule has 0 aromatic heterocycles. The van der Waals surface area contributed by atoms with E-state index in [0.717, 1.165) is 12.0 Å². The molecule has 2 amide bonds. The number of hydrogen-bond acceptors (Lipinski definition) is 3. The number of piperidine rings is 1. The minimum Gasteiger partial charge on any atom is -0.508 e. The lowest BCUT2D eigenvalue weighted by Crippen LogP contribution is -2.42. The molecule has 4 rings (SSSR count). The molecular weight excluding hydrogens is 411 g/mol. The lowest BCUT2D eigenvalue weighted by molar-refractivity contribution is -0.135. The lowest BCUT2D eigenvalue weighted by atomic mass is 9.95. The van der Waals surface area contributed by atoms with Gasteiger partial charge < -0.3 is 15.3 Å². The monoisotopic (exact) mass is 432 g/mol. The van der Waals surface area contributed by atoms with Crippen LogP contribution in [0.3, 0.4) is 0 Å². The first-order valence-electron chi connectivity index (χ1n) is 9.76. The second-order valence-electron chi connectivity index (χ2n) is 7.76. The SMILES string of the molecule is O=C(Nc1ccc(O)cc1)C1CCN(C(=O)[C@H]2C[C@H]2c2ccc(Cl)c(Cl)c2)CC1. The van der Waals surface area contributed by atoms with Crippen LogP contribution < -0.4 is 5.32 Å². The predicted molar refractivity (Wildman–Crippen MR) is 113 cm³/mol. The van der Waals surface area contributed by atoms with Gasteiger partial charge in [0.1, 0.15) is 5.75 Å². The summed E-state index contributed by atoms with van der Waals surface area (Å²) in [6, 6.07) is 12.0. The zero-order valence-electron chi connectivity index (χ0n) is 15.8. The zero-order valence-corrected chi connectivity index (χ0v) is 17.3. The van der Waals surface area contributed by atoms with E-state index in [0.29, 0.717) is 41.7 Å². The molecule has 0 unspecified atom stereocenters. The van der Waals surface area contributed by atoms with E-state index in [1.165, 1.54) is 12.1 Å². The van der Waals surface area contributed by atoms with Crippen molar-refractivity contribution in [1.82, 2.24) is 4.90 Å². The number of nitrogens with one attached hydrogen (secondary N) is 1. The number of phenolic OH excluding ortho intramolecular Hbond substituents is 1. The van der Waals surface area contributed by atoms with Crippen LogP contribution in [0.4, 0.5) is 5.69 Å². The fraction of sp³-hybridized carbons (Fsp3) is 0.364. The van der Waals surface area contributed by atoms with Crippen molar-refractivity contribution in [2.24, 2.45) is 11.8 Å². The summed E-state index contributed by atoms with van der Waals surface area (Å²) in [4.78, 5) is 27.2. The van der Waals surface area contributed by atoms with Crippen LogP contribution in [0.5, 0.6) is 5.75 Å². The number of rotatable bonds is 4. The van der Waals surface area contributed by atoms with Crippen LogP contribution >= 0.6 is 23.2 Å². The van der Waals surface area contributed by atoms with Crippen molar-refractivity contribution in [1.29, 1.82) is 0 Å². The highest BCUT2D eigenvalue weighted by Gasteiger charge is 2.46. The Morgan fingerprint density at radius 2 is 1.69 bits per heavy atom. The van der Waals surface area contributed by atoms with E-state index >= 15 is 0 Å². The van der Waals surface area contributed by atoms with Crippen LogP contribution in [0.15, 0.2) is 42.5 Å². The van der Waals surface area contributed by atoms with Crippen molar-refractivity contribution in [3.05, 3.63) is 58.1 Å². The van der Waals surface area contributed by atoms with Crippen LogP contribution in [0, 0.1) is 11.8 Å². The first-order chi connectivity index (χ1) is 13.9. The third-order valence-electron chi connectivity index (χ3n) is 5.79. The van der Waals surface area contributed by atoms with Crippen molar-refractivity contribution in [3.8, 4) is 5.75 Å². The Bertz CT molecular complexity index is 924. The number of amides is 2. The predicted octanol–water partition coefficient (Wildman–Crippen LogP) is 4.68. The second-order valence-corrected chi connectivity index (χ2v) is 8.57. The van der Waals surface area contributed by atoms with E-state index in [1.54, 1.807) is 18.2 Å². The Morgan fingerprint density at radius 1 is 1.00 bits per heavy atom. The smallest absolute Gasteiger partial charge is 0.227 e. The maximum absolute atomic E-state index is 12.8. The third-order valence-corrected chi connectivity index (χ3v) is 6.53. The highest BCUT2D eigenvalue weighted by atomic mass is 35.5. The van der Waals surface area contributed by atoms with Gasteiger partial charge >= 0.3 is 0 Å². The summed E-state index contributed by atoms with van der Waals surface area (Å²) in [6.07, 6.45) is 2.14. The summed E-state index contributed by atoms with van der Waals surface area (Å²) in [6.45, 7) is 1.19. The maximum atomic E-state index is 12.8. The largest absolute Gasteiger partial charge is 0.508 e. The van der Waals surface area contributed by atoms with Gasteiger partial charge in [0.05, 0.1) is 10.0 Å². The molecule has 0 bridgehead atoms. The van der Waals surface area contributed by atoms with Crippen LogP contribution in [0.1, 0.15) is 30.7 Å². The molecule has 5 nitrogen and oxygen atoms in total. The van der Waals surface area contributed by atoms with Gasteiger partial charge in [0.2, 0.25) is 11.8 Å². The molecule has 2 aromatic carbocycles. The molecule has 0 radical (unpaired) electrons. The van der Waals surface area contributed by atoms with Gasteiger partial charge in [-0.1, -0.05) is 29.3 Å². The van der Waals surface area contributed by atoms with E-state index in [9.17, 15) is 14.7 Å². The fourth-order valence-corrected chi connectivity index (χ4v) is 4.27. The quantitative estimate of drug-likeness (QED) is 0.688. The summed E-state index contributed by atoms with van der Waals surface area (Å²) in [5.74, 6) is 0.371. The molecule has 1 aliphatic carbocycles. The van der Waals surface area contributed by atoms with Crippen LogP contribution in [0.25, 0.3) is 0 Å². The standard InChI is InChI=1S/C22H22Cl2N2O3/c23-19-6-1-14(11-20(19)24)17-12-18(17)22(29)26-9-7-13(8-10-26)21(28)25-15-2-4-16(27)5-3-15/h1-6,11,13,17-18,27H,7-10,12H2,(H,25,28)/t17-,18-/m0/s1. The average Bonchev–Trinajstić information content (AvgIpc) is 3.52. The van der Waals surface area contributed by atoms with Crippen molar-refractivity contribution in [2.45, 2.75) is 25.2 Å². The number of anilines is 1. The van der Waals surface area contributed by atoms with Gasteiger partial charge in [0.25, 0.3) is 0 Å². The topological polar surface area (TPSA) is 69.6 Å². The molecule has 7 heteroatoms. The van der Waals surface area contributed by atoms with Crippen molar-refractivity contribution >= 4 is 40.7 Å². The number of aromatic hydroxyl groups is 1. The summed E-state index contributed by atoms with van der Waals surface area (Å²) in [5, 5.41) is 13.2. The molecule has 2 atom stereocenters. The van der Waals surface area contributed by atoms with Gasteiger partial charge in [-0.3, -0.25) is 9.59 Å². The number of likely N-dealkylation sites (tertiary alicyclic amines) is 1. The number of carbonyl (C=O) groups is 2. The fourth-order valence-electron chi connectivity index (χ4n) is 3.96. The number of hydrogen-bond donors (Lipinski definition) is 2. The summed E-state index contributed by atoms with van der Waals surface area (Å²) < 4.78 is 0. The van der Waals surface area contributed by atoms with E-state index in [-0.39, 0.29) is 35.3 Å². The van der Waals surface area contributed by atoms with Gasteiger partial charge in [0.15, 0.2) is 0 Å². The van der Waals surface area contributed by atoms with Gasteiger partial charge in [-0.05, 0) is 67.1 Å². The number of halogens is 2. The molecule has 2 fully saturated rings. The Morgan fingerprint density at radius 3 is 2.34 bits per heavy atom. The number of nitrogens with zero attached hydrogens (tertiary/aromatic N) is 1. The molecule has 1 saturated carbocycles. The molecule has 1 saturated heterocycles. The van der Waals surface area contributed by atoms with Crippen molar-refractivity contribution in [2.75, 3.05) is 18.4 Å². The molecule has 1 aliphatic heterocycles. The van der Waals surface area contributed by atoms with Gasteiger partial charge in [-0.15, -0.1) is 0 Å². The Balaban J connectivity index is 1.28. The van der Waals surface area contributed by atoms with Gasteiger partial charge in [-0.2, -0.15) is 0 Å². The van der Waals surface area contributed by atoms with E-state index in [4.69, 9.17) is 23.2 Å².